The first kappa shape index (κ1) is 9.98. The van der Waals surface area contributed by atoms with Gasteiger partial charge in [0.2, 0.25) is 0 Å². The molecule has 0 aliphatic heterocycles. The van der Waals surface area contributed by atoms with Crippen LogP contribution in [0.3, 0.4) is 0 Å². The predicted octanol–water partition coefficient (Wildman–Crippen LogP) is 2.31. The van der Waals surface area contributed by atoms with Gasteiger partial charge in [-0.25, -0.2) is 9.78 Å². The molecule has 15 heavy (non-hydrogen) atoms. The number of rotatable bonds is 3. The highest BCUT2D eigenvalue weighted by atomic mass is 35.5. The Kier molecular flexibility index (Phi) is 2.60. The third-order valence-electron chi connectivity index (χ3n) is 1.99. The molecule has 0 atom stereocenters. The van der Waals surface area contributed by atoms with E-state index in [-0.39, 0.29) is 5.56 Å². The summed E-state index contributed by atoms with van der Waals surface area (Å²) in [7, 11) is 0. The number of fused-ring (bicyclic) bond motifs is 1. The fraction of sp³-hybridized carbons (Fsp3) is 0.200. The number of oxazole rings is 1. The average Bonchev–Trinajstić information content (AvgIpc) is 2.59. The minimum Gasteiger partial charge on any atom is -0.478 e. The topological polar surface area (TPSA) is 63.3 Å². The smallest absolute Gasteiger partial charge is 0.335 e. The van der Waals surface area contributed by atoms with Crippen LogP contribution in [0.1, 0.15) is 16.2 Å². The molecule has 0 fully saturated rings. The minimum absolute atomic E-state index is 0.202. The van der Waals surface area contributed by atoms with Crippen LogP contribution in [-0.2, 0) is 6.42 Å². The summed E-state index contributed by atoms with van der Waals surface area (Å²) in [5, 5.41) is 8.77. The van der Waals surface area contributed by atoms with E-state index in [1.165, 1.54) is 12.1 Å². The van der Waals surface area contributed by atoms with Gasteiger partial charge in [0.05, 0.1) is 5.56 Å². The third kappa shape index (κ3) is 1.94. The number of carbonyl (C=O) groups is 1. The molecule has 0 unspecified atom stereocenters. The van der Waals surface area contributed by atoms with Crippen LogP contribution in [0.5, 0.6) is 0 Å². The second kappa shape index (κ2) is 3.90. The highest BCUT2D eigenvalue weighted by Crippen LogP contribution is 2.17. The van der Waals surface area contributed by atoms with Gasteiger partial charge in [0.15, 0.2) is 11.5 Å². The number of aromatic carboxylic acids is 1. The van der Waals surface area contributed by atoms with Crippen LogP contribution >= 0.6 is 11.6 Å². The summed E-state index contributed by atoms with van der Waals surface area (Å²) in [6, 6.07) is 4.57. The van der Waals surface area contributed by atoms with Crippen molar-refractivity contribution in [2.45, 2.75) is 6.42 Å². The number of hydrogen-bond donors (Lipinski definition) is 1. The van der Waals surface area contributed by atoms with Gasteiger partial charge < -0.3 is 9.52 Å². The highest BCUT2D eigenvalue weighted by molar-refractivity contribution is 6.17. The first-order chi connectivity index (χ1) is 7.20. The molecule has 0 amide bonds. The second-order valence-corrected chi connectivity index (χ2v) is 3.41. The van der Waals surface area contributed by atoms with Gasteiger partial charge in [0.1, 0.15) is 5.52 Å². The molecule has 1 aromatic carbocycles. The molecule has 0 spiro atoms. The highest BCUT2D eigenvalue weighted by Gasteiger charge is 2.08. The number of aromatic nitrogens is 1. The zero-order valence-electron chi connectivity index (χ0n) is 7.74. The standard InChI is InChI=1S/C10H8ClNO3/c11-4-3-9-12-7-5-6(10(13)14)1-2-8(7)15-9/h1-2,5H,3-4H2,(H,13,14). The third-order valence-corrected chi connectivity index (χ3v) is 2.18. The number of carboxylic acids is 1. The van der Waals surface area contributed by atoms with E-state index < -0.39 is 5.97 Å². The molecule has 5 heteroatoms. The van der Waals surface area contributed by atoms with E-state index in [9.17, 15) is 4.79 Å². The number of carboxylic acid groups (broad SMARTS) is 1. The Hall–Kier alpha value is -1.55. The maximum Gasteiger partial charge on any atom is 0.335 e. The Morgan fingerprint density at radius 1 is 1.53 bits per heavy atom. The number of aryl methyl sites for hydroxylation is 1. The summed E-state index contributed by atoms with van der Waals surface area (Å²) in [6.07, 6.45) is 0.540. The quantitative estimate of drug-likeness (QED) is 0.815. The molecule has 78 valence electrons. The Balaban J connectivity index is 2.47. The first-order valence-corrected chi connectivity index (χ1v) is 4.93. The number of alkyl halides is 1. The van der Waals surface area contributed by atoms with Crippen molar-refractivity contribution in [3.63, 3.8) is 0 Å². The zero-order chi connectivity index (χ0) is 10.8. The van der Waals surface area contributed by atoms with E-state index in [0.29, 0.717) is 29.3 Å². The molecule has 1 N–H and O–H groups in total. The van der Waals surface area contributed by atoms with Gasteiger partial charge in [-0.1, -0.05) is 0 Å². The lowest BCUT2D eigenvalue weighted by atomic mass is 10.2. The summed E-state index contributed by atoms with van der Waals surface area (Å²) in [5.41, 5.74) is 1.34. The summed E-state index contributed by atoms with van der Waals surface area (Å²) >= 11 is 5.55. The molecule has 0 aliphatic carbocycles. The summed E-state index contributed by atoms with van der Waals surface area (Å²) in [4.78, 5) is 14.8. The number of hydrogen-bond acceptors (Lipinski definition) is 3. The lowest BCUT2D eigenvalue weighted by Crippen LogP contribution is -1.94. The molecule has 0 radical (unpaired) electrons. The summed E-state index contributed by atoms with van der Waals surface area (Å²) in [6.45, 7) is 0. The van der Waals surface area contributed by atoms with Crippen molar-refractivity contribution in [3.05, 3.63) is 29.7 Å². The van der Waals surface area contributed by atoms with Gasteiger partial charge >= 0.3 is 5.97 Å². The zero-order valence-corrected chi connectivity index (χ0v) is 8.49. The van der Waals surface area contributed by atoms with Crippen molar-refractivity contribution in [1.29, 1.82) is 0 Å². The fourth-order valence-corrected chi connectivity index (χ4v) is 1.46. The van der Waals surface area contributed by atoms with Crippen molar-refractivity contribution in [2.24, 2.45) is 0 Å². The monoisotopic (exact) mass is 225 g/mol. The van der Waals surface area contributed by atoms with Crippen LogP contribution in [0.4, 0.5) is 0 Å². The van der Waals surface area contributed by atoms with Crippen LogP contribution in [-0.4, -0.2) is 21.9 Å². The largest absolute Gasteiger partial charge is 0.478 e. The molecule has 4 nitrogen and oxygen atoms in total. The molecule has 0 aliphatic rings. The van der Waals surface area contributed by atoms with Gasteiger partial charge in [-0.05, 0) is 18.2 Å². The molecule has 2 aromatic rings. The van der Waals surface area contributed by atoms with Crippen molar-refractivity contribution in [1.82, 2.24) is 4.98 Å². The van der Waals surface area contributed by atoms with Gasteiger partial charge in [0, 0.05) is 12.3 Å². The Morgan fingerprint density at radius 3 is 3.00 bits per heavy atom. The summed E-state index contributed by atoms with van der Waals surface area (Å²) in [5.74, 6) is -0.0140. The summed E-state index contributed by atoms with van der Waals surface area (Å²) < 4.78 is 5.35. The molecule has 0 saturated carbocycles. The lowest BCUT2D eigenvalue weighted by molar-refractivity contribution is 0.0697. The average molecular weight is 226 g/mol. The van der Waals surface area contributed by atoms with Crippen LogP contribution in [0.25, 0.3) is 11.1 Å². The molecule has 0 saturated heterocycles. The van der Waals surface area contributed by atoms with Crippen molar-refractivity contribution in [3.8, 4) is 0 Å². The van der Waals surface area contributed by atoms with Crippen molar-refractivity contribution < 1.29 is 14.3 Å². The van der Waals surface area contributed by atoms with Gasteiger partial charge in [-0.3, -0.25) is 0 Å². The van der Waals surface area contributed by atoms with Crippen LogP contribution < -0.4 is 0 Å². The lowest BCUT2D eigenvalue weighted by Gasteiger charge is -1.91. The van der Waals surface area contributed by atoms with Crippen LogP contribution in [0.2, 0.25) is 0 Å². The first-order valence-electron chi connectivity index (χ1n) is 4.39. The predicted molar refractivity (Wildman–Crippen MR) is 55.4 cm³/mol. The normalized spacial score (nSPS) is 10.7. The maximum atomic E-state index is 10.7. The van der Waals surface area contributed by atoms with Crippen molar-refractivity contribution in [2.75, 3.05) is 5.88 Å². The SMILES string of the molecule is O=C(O)c1ccc2oc(CCCl)nc2c1. The number of benzene rings is 1. The van der Waals surface area contributed by atoms with Gasteiger partial charge in [-0.15, -0.1) is 11.6 Å². The van der Waals surface area contributed by atoms with E-state index in [2.05, 4.69) is 4.98 Å². The Labute approximate surface area is 90.5 Å². The molecule has 0 bridgehead atoms. The van der Waals surface area contributed by atoms with E-state index >= 15 is 0 Å². The number of nitrogens with zero attached hydrogens (tertiary/aromatic N) is 1. The van der Waals surface area contributed by atoms with Gasteiger partial charge in [0.25, 0.3) is 0 Å². The van der Waals surface area contributed by atoms with Gasteiger partial charge in [-0.2, -0.15) is 0 Å². The van der Waals surface area contributed by atoms with Crippen molar-refractivity contribution >= 4 is 28.7 Å². The van der Waals surface area contributed by atoms with E-state index in [1.807, 2.05) is 0 Å². The molecule has 1 aromatic heterocycles. The fourth-order valence-electron chi connectivity index (χ4n) is 1.30. The maximum absolute atomic E-state index is 10.7. The molecular weight excluding hydrogens is 218 g/mol. The Bertz CT molecular complexity index is 506. The molecule has 1 heterocycles. The van der Waals surface area contributed by atoms with E-state index in [4.69, 9.17) is 21.1 Å². The minimum atomic E-state index is -0.973. The second-order valence-electron chi connectivity index (χ2n) is 3.03. The number of halogens is 1. The van der Waals surface area contributed by atoms with E-state index in [0.717, 1.165) is 0 Å². The van der Waals surface area contributed by atoms with Crippen LogP contribution in [0, 0.1) is 0 Å². The Morgan fingerprint density at radius 2 is 2.33 bits per heavy atom. The molecule has 2 rings (SSSR count). The van der Waals surface area contributed by atoms with Crippen LogP contribution in [0.15, 0.2) is 22.6 Å². The van der Waals surface area contributed by atoms with E-state index in [1.54, 1.807) is 6.07 Å². The molecular formula is C10H8ClNO3.